The van der Waals surface area contributed by atoms with Crippen LogP contribution in [0.3, 0.4) is 0 Å². The van der Waals surface area contributed by atoms with Gasteiger partial charge >= 0.3 is 0 Å². The number of nitrogens with zero attached hydrogens (tertiary/aromatic N) is 1. The third-order valence-corrected chi connectivity index (χ3v) is 3.05. The van der Waals surface area contributed by atoms with Crippen LogP contribution in [0.4, 0.5) is 5.82 Å². The van der Waals surface area contributed by atoms with E-state index in [1.165, 1.54) is 0 Å². The minimum absolute atomic E-state index is 0.0133. The average Bonchev–Trinajstić information content (AvgIpc) is 2.16. The average molecular weight is 220 g/mol. The smallest absolute Gasteiger partial charge is 0.236 e. The van der Waals surface area contributed by atoms with Crippen LogP contribution in [0.1, 0.15) is 19.0 Å². The van der Waals surface area contributed by atoms with E-state index >= 15 is 0 Å². The Balaban J connectivity index is 2.07. The molecule has 16 heavy (non-hydrogen) atoms. The van der Waals surface area contributed by atoms with Gasteiger partial charge in [-0.1, -0.05) is 13.0 Å². The molecule has 0 spiro atoms. The molecule has 0 unspecified atom stereocenters. The molecule has 0 atom stereocenters. The van der Waals surface area contributed by atoms with Crippen molar-refractivity contribution in [3.63, 3.8) is 0 Å². The molecule has 2 rings (SSSR count). The fraction of sp³-hybridized carbons (Fsp3) is 0.500. The minimum Gasteiger partial charge on any atom is -0.379 e. The maximum atomic E-state index is 12.0. The van der Waals surface area contributed by atoms with Gasteiger partial charge in [0.25, 0.3) is 0 Å². The Morgan fingerprint density at radius 2 is 2.31 bits per heavy atom. The Morgan fingerprint density at radius 3 is 2.81 bits per heavy atom. The predicted molar refractivity (Wildman–Crippen MR) is 61.1 cm³/mol. The molecule has 1 N–H and O–H groups in total. The molecule has 1 fully saturated rings. The summed E-state index contributed by atoms with van der Waals surface area (Å²) < 4.78 is 5.13. The number of hydrogen-bond donors (Lipinski definition) is 1. The van der Waals surface area contributed by atoms with E-state index in [1.807, 2.05) is 26.0 Å². The van der Waals surface area contributed by atoms with Crippen molar-refractivity contribution in [2.45, 2.75) is 20.3 Å². The summed E-state index contributed by atoms with van der Waals surface area (Å²) >= 11 is 0. The number of nitrogens with one attached hydrogen (secondary N) is 1. The third kappa shape index (κ3) is 1.93. The van der Waals surface area contributed by atoms with Gasteiger partial charge in [0, 0.05) is 5.69 Å². The highest BCUT2D eigenvalue weighted by Gasteiger charge is 2.44. The minimum atomic E-state index is -0.342. The normalized spacial score (nSPS) is 17.6. The molecule has 86 valence electrons. The van der Waals surface area contributed by atoms with Crippen LogP contribution in [0, 0.1) is 12.3 Å². The van der Waals surface area contributed by atoms with E-state index in [-0.39, 0.29) is 11.3 Å². The van der Waals surface area contributed by atoms with Gasteiger partial charge in [-0.15, -0.1) is 0 Å². The highest BCUT2D eigenvalue weighted by Crippen LogP contribution is 2.32. The van der Waals surface area contributed by atoms with Gasteiger partial charge in [0.1, 0.15) is 5.82 Å². The number of carbonyl (C=O) groups excluding carboxylic acids is 1. The van der Waals surface area contributed by atoms with Crippen LogP contribution in [0.15, 0.2) is 18.2 Å². The van der Waals surface area contributed by atoms with Crippen LogP contribution in [0.5, 0.6) is 0 Å². The molecule has 1 saturated heterocycles. The maximum Gasteiger partial charge on any atom is 0.236 e. The second-order valence-electron chi connectivity index (χ2n) is 4.25. The largest absolute Gasteiger partial charge is 0.379 e. The Bertz CT molecular complexity index is 394. The van der Waals surface area contributed by atoms with Gasteiger partial charge in [0.2, 0.25) is 5.91 Å². The number of anilines is 1. The topological polar surface area (TPSA) is 51.2 Å². The van der Waals surface area contributed by atoms with Gasteiger partial charge < -0.3 is 10.1 Å². The van der Waals surface area contributed by atoms with E-state index in [0.717, 1.165) is 12.1 Å². The summed E-state index contributed by atoms with van der Waals surface area (Å²) in [6.07, 6.45) is 0.796. The van der Waals surface area contributed by atoms with Crippen LogP contribution < -0.4 is 5.32 Å². The summed E-state index contributed by atoms with van der Waals surface area (Å²) in [5, 5.41) is 2.85. The van der Waals surface area contributed by atoms with Gasteiger partial charge in [-0.3, -0.25) is 4.79 Å². The number of carbonyl (C=O) groups is 1. The van der Waals surface area contributed by atoms with E-state index in [9.17, 15) is 4.79 Å². The van der Waals surface area contributed by atoms with E-state index in [2.05, 4.69) is 10.3 Å². The van der Waals surface area contributed by atoms with Gasteiger partial charge in [-0.05, 0) is 25.5 Å². The number of aromatic nitrogens is 1. The molecule has 0 aromatic carbocycles. The number of hydrogen-bond acceptors (Lipinski definition) is 3. The van der Waals surface area contributed by atoms with Gasteiger partial charge in [0.05, 0.1) is 18.6 Å². The molecule has 1 aliphatic heterocycles. The first-order valence-electron chi connectivity index (χ1n) is 5.49. The van der Waals surface area contributed by atoms with Crippen molar-refractivity contribution in [1.82, 2.24) is 4.98 Å². The molecular weight excluding hydrogens is 204 g/mol. The molecule has 0 radical (unpaired) electrons. The molecule has 1 aromatic rings. The van der Waals surface area contributed by atoms with E-state index in [0.29, 0.717) is 19.0 Å². The molecule has 4 nitrogen and oxygen atoms in total. The van der Waals surface area contributed by atoms with Crippen LogP contribution in [-0.2, 0) is 9.53 Å². The van der Waals surface area contributed by atoms with Crippen molar-refractivity contribution < 1.29 is 9.53 Å². The molecule has 2 heterocycles. The lowest BCUT2D eigenvalue weighted by atomic mass is 9.82. The number of ether oxygens (including phenoxy) is 1. The zero-order valence-electron chi connectivity index (χ0n) is 9.62. The lowest BCUT2D eigenvalue weighted by Crippen LogP contribution is -2.51. The number of pyridine rings is 1. The van der Waals surface area contributed by atoms with Gasteiger partial charge in [-0.25, -0.2) is 4.98 Å². The summed E-state index contributed by atoms with van der Waals surface area (Å²) in [4.78, 5) is 16.3. The Morgan fingerprint density at radius 1 is 1.56 bits per heavy atom. The standard InChI is InChI=1S/C12H16N2O2/c1-3-12(7-16-8-12)11(15)14-10-6-4-5-9(2)13-10/h4-6H,3,7-8H2,1-2H3,(H,13,14,15). The summed E-state index contributed by atoms with van der Waals surface area (Å²) in [5.41, 5.74) is 0.555. The zero-order valence-corrected chi connectivity index (χ0v) is 9.62. The highest BCUT2D eigenvalue weighted by atomic mass is 16.5. The highest BCUT2D eigenvalue weighted by molar-refractivity contribution is 5.95. The number of rotatable bonds is 3. The fourth-order valence-electron chi connectivity index (χ4n) is 1.71. The summed E-state index contributed by atoms with van der Waals surface area (Å²) in [6, 6.07) is 5.58. The first-order valence-corrected chi connectivity index (χ1v) is 5.49. The van der Waals surface area contributed by atoms with Crippen molar-refractivity contribution in [3.05, 3.63) is 23.9 Å². The molecule has 1 aromatic heterocycles. The van der Waals surface area contributed by atoms with Gasteiger partial charge in [0.15, 0.2) is 0 Å². The second-order valence-corrected chi connectivity index (χ2v) is 4.25. The molecule has 0 saturated carbocycles. The fourth-order valence-corrected chi connectivity index (χ4v) is 1.71. The van der Waals surface area contributed by atoms with Crippen LogP contribution >= 0.6 is 0 Å². The van der Waals surface area contributed by atoms with Crippen LogP contribution in [0.25, 0.3) is 0 Å². The summed E-state index contributed by atoms with van der Waals surface area (Å²) in [7, 11) is 0. The van der Waals surface area contributed by atoms with Gasteiger partial charge in [-0.2, -0.15) is 0 Å². The Kier molecular flexibility index (Phi) is 2.92. The summed E-state index contributed by atoms with van der Waals surface area (Å²) in [6.45, 7) is 4.94. The lowest BCUT2D eigenvalue weighted by Gasteiger charge is -2.38. The molecule has 1 aliphatic rings. The second kappa shape index (κ2) is 4.22. The maximum absolute atomic E-state index is 12.0. The van der Waals surface area contributed by atoms with Crippen molar-refractivity contribution in [1.29, 1.82) is 0 Å². The molecule has 1 amide bonds. The van der Waals surface area contributed by atoms with Crippen molar-refractivity contribution in [2.75, 3.05) is 18.5 Å². The Labute approximate surface area is 95.0 Å². The van der Waals surface area contributed by atoms with Crippen molar-refractivity contribution in [2.24, 2.45) is 5.41 Å². The van der Waals surface area contributed by atoms with E-state index in [4.69, 9.17) is 4.74 Å². The molecule has 4 heteroatoms. The third-order valence-electron chi connectivity index (χ3n) is 3.05. The number of amides is 1. The quantitative estimate of drug-likeness (QED) is 0.844. The SMILES string of the molecule is CCC1(C(=O)Nc2cccc(C)n2)COC1. The van der Waals surface area contributed by atoms with Crippen LogP contribution in [0.2, 0.25) is 0 Å². The van der Waals surface area contributed by atoms with Crippen molar-refractivity contribution in [3.8, 4) is 0 Å². The predicted octanol–water partition coefficient (Wildman–Crippen LogP) is 1.76. The monoisotopic (exact) mass is 220 g/mol. The van der Waals surface area contributed by atoms with E-state index < -0.39 is 0 Å². The molecular formula is C12H16N2O2. The molecule has 0 bridgehead atoms. The summed E-state index contributed by atoms with van der Waals surface area (Å²) in [5.74, 6) is 0.629. The lowest BCUT2D eigenvalue weighted by molar-refractivity contribution is -0.156. The van der Waals surface area contributed by atoms with Crippen molar-refractivity contribution >= 4 is 11.7 Å². The first-order chi connectivity index (χ1) is 7.66. The Hall–Kier alpha value is -1.42. The molecule has 0 aliphatic carbocycles. The van der Waals surface area contributed by atoms with Crippen LogP contribution in [-0.4, -0.2) is 24.1 Å². The first kappa shape index (κ1) is 11.1. The van der Waals surface area contributed by atoms with E-state index in [1.54, 1.807) is 6.07 Å². The number of aryl methyl sites for hydroxylation is 1. The zero-order chi connectivity index (χ0) is 11.6.